The van der Waals surface area contributed by atoms with E-state index in [-0.39, 0.29) is 32.1 Å². The highest BCUT2D eigenvalue weighted by Gasteiger charge is 2.23. The SMILES string of the molecule is CC/C=C\C/C=C\C/C=C\C/C=C\C[C@@H](O)[C@H](O)CCCC(=O)O[C@H](COC(=O)CCCCCCCCCCCC)COP(=O)(O)O. The molecule has 272 valence electrons. The van der Waals surface area contributed by atoms with E-state index in [4.69, 9.17) is 19.3 Å². The van der Waals surface area contributed by atoms with Gasteiger partial charge in [0.2, 0.25) is 0 Å². The number of hydrogen-bond donors (Lipinski definition) is 4. The largest absolute Gasteiger partial charge is 0.469 e. The van der Waals surface area contributed by atoms with E-state index in [0.29, 0.717) is 6.42 Å². The lowest BCUT2D eigenvalue weighted by Gasteiger charge is -2.19. The van der Waals surface area contributed by atoms with E-state index >= 15 is 0 Å². The van der Waals surface area contributed by atoms with Crippen LogP contribution < -0.4 is 0 Å². The molecule has 0 unspecified atom stereocenters. The third-order valence-electron chi connectivity index (χ3n) is 7.31. The average Bonchev–Trinajstić information content (AvgIpc) is 3.03. The summed E-state index contributed by atoms with van der Waals surface area (Å²) in [5.74, 6) is -1.18. The fraction of sp³-hybridized carbons (Fsp3) is 0.722. The smallest absolute Gasteiger partial charge is 0.462 e. The molecule has 0 saturated heterocycles. The van der Waals surface area contributed by atoms with E-state index in [0.717, 1.165) is 44.9 Å². The summed E-state index contributed by atoms with van der Waals surface area (Å²) in [6, 6.07) is 0. The van der Waals surface area contributed by atoms with Gasteiger partial charge >= 0.3 is 19.8 Å². The van der Waals surface area contributed by atoms with Gasteiger partial charge in [-0.3, -0.25) is 14.1 Å². The van der Waals surface area contributed by atoms with Gasteiger partial charge in [0.25, 0.3) is 0 Å². The number of carbonyl (C=O) groups is 2. The quantitative estimate of drug-likeness (QED) is 0.0244. The first-order valence-electron chi connectivity index (χ1n) is 17.6. The van der Waals surface area contributed by atoms with Crippen molar-refractivity contribution in [1.29, 1.82) is 0 Å². The Morgan fingerprint density at radius 2 is 1.15 bits per heavy atom. The molecule has 0 spiro atoms. The van der Waals surface area contributed by atoms with Gasteiger partial charge in [-0.1, -0.05) is 120 Å². The fourth-order valence-corrected chi connectivity index (χ4v) is 4.94. The van der Waals surface area contributed by atoms with Crippen molar-refractivity contribution in [3.8, 4) is 0 Å². The second-order valence-corrected chi connectivity index (χ2v) is 13.0. The maximum Gasteiger partial charge on any atom is 0.469 e. The molecule has 0 saturated carbocycles. The molecule has 47 heavy (non-hydrogen) atoms. The highest BCUT2D eigenvalue weighted by molar-refractivity contribution is 7.46. The monoisotopic (exact) mass is 686 g/mol. The predicted molar refractivity (Wildman–Crippen MR) is 186 cm³/mol. The Labute approximate surface area is 283 Å². The third kappa shape index (κ3) is 32.3. The van der Waals surface area contributed by atoms with Gasteiger partial charge in [0, 0.05) is 12.8 Å². The summed E-state index contributed by atoms with van der Waals surface area (Å²) in [6.45, 7) is 3.28. The normalized spacial score (nSPS) is 14.4. The van der Waals surface area contributed by atoms with Crippen LogP contribution in [0.2, 0.25) is 0 Å². The molecule has 10 nitrogen and oxygen atoms in total. The van der Waals surface area contributed by atoms with Crippen molar-refractivity contribution >= 4 is 19.8 Å². The number of esters is 2. The molecule has 0 aromatic heterocycles. The number of allylic oxidation sites excluding steroid dienone is 7. The second kappa shape index (κ2) is 31.2. The number of aliphatic hydroxyl groups is 2. The molecule has 0 aliphatic heterocycles. The van der Waals surface area contributed by atoms with E-state index in [9.17, 15) is 24.4 Å². The summed E-state index contributed by atoms with van der Waals surface area (Å²) in [7, 11) is -4.83. The zero-order valence-corrected chi connectivity index (χ0v) is 29.8. The number of hydrogen-bond acceptors (Lipinski definition) is 8. The van der Waals surface area contributed by atoms with Crippen LogP contribution in [0.15, 0.2) is 48.6 Å². The number of carbonyl (C=O) groups excluding carboxylic acids is 2. The Hall–Kier alpha value is -2.07. The molecule has 0 heterocycles. The molecular formula is C36H63O10P. The van der Waals surface area contributed by atoms with Gasteiger partial charge in [0.05, 0.1) is 18.8 Å². The van der Waals surface area contributed by atoms with Crippen molar-refractivity contribution in [2.24, 2.45) is 0 Å². The summed E-state index contributed by atoms with van der Waals surface area (Å²) >= 11 is 0. The Morgan fingerprint density at radius 3 is 1.70 bits per heavy atom. The molecule has 0 aliphatic carbocycles. The first-order chi connectivity index (χ1) is 22.6. The van der Waals surface area contributed by atoms with E-state index in [1.54, 1.807) is 6.08 Å². The number of rotatable bonds is 31. The van der Waals surface area contributed by atoms with Crippen LogP contribution in [0.4, 0.5) is 0 Å². The highest BCUT2D eigenvalue weighted by atomic mass is 31.2. The lowest BCUT2D eigenvalue weighted by molar-refractivity contribution is -0.161. The van der Waals surface area contributed by atoms with Crippen LogP contribution in [0.5, 0.6) is 0 Å². The molecule has 0 bridgehead atoms. The molecule has 11 heteroatoms. The van der Waals surface area contributed by atoms with Gasteiger partial charge in [-0.2, -0.15) is 0 Å². The molecule has 0 aliphatic rings. The van der Waals surface area contributed by atoms with E-state index in [1.807, 2.05) is 12.2 Å². The Morgan fingerprint density at radius 1 is 0.638 bits per heavy atom. The average molecular weight is 687 g/mol. The number of aliphatic hydroxyl groups excluding tert-OH is 2. The molecule has 0 aromatic carbocycles. The lowest BCUT2D eigenvalue weighted by atomic mass is 10.0. The minimum absolute atomic E-state index is 0.104. The number of ether oxygens (including phenoxy) is 2. The summed E-state index contributed by atoms with van der Waals surface area (Å²) in [5.41, 5.74) is 0. The molecule has 0 radical (unpaired) electrons. The van der Waals surface area contributed by atoms with Crippen molar-refractivity contribution in [3.63, 3.8) is 0 Å². The van der Waals surface area contributed by atoms with Crippen LogP contribution in [0.3, 0.4) is 0 Å². The second-order valence-electron chi connectivity index (χ2n) is 11.8. The van der Waals surface area contributed by atoms with Gasteiger partial charge in [-0.25, -0.2) is 4.57 Å². The zero-order chi connectivity index (χ0) is 35.0. The maximum atomic E-state index is 12.4. The van der Waals surface area contributed by atoms with E-state index < -0.39 is 51.3 Å². The summed E-state index contributed by atoms with van der Waals surface area (Å²) in [6.07, 6.45) is 28.8. The molecule has 0 aromatic rings. The predicted octanol–water partition coefficient (Wildman–Crippen LogP) is 7.95. The fourth-order valence-electron chi connectivity index (χ4n) is 4.58. The Bertz CT molecular complexity index is 940. The van der Waals surface area contributed by atoms with Crippen LogP contribution in [0, 0.1) is 0 Å². The molecule has 0 rings (SSSR count). The van der Waals surface area contributed by atoms with Crippen LogP contribution >= 0.6 is 7.82 Å². The van der Waals surface area contributed by atoms with E-state index in [2.05, 4.69) is 48.8 Å². The van der Waals surface area contributed by atoms with Crippen molar-refractivity contribution in [1.82, 2.24) is 0 Å². The Kier molecular flexibility index (Phi) is 29.8. The van der Waals surface area contributed by atoms with Gasteiger partial charge in [-0.05, 0) is 51.4 Å². The van der Waals surface area contributed by atoms with Crippen LogP contribution in [0.1, 0.15) is 136 Å². The van der Waals surface area contributed by atoms with Crippen LogP contribution in [-0.4, -0.2) is 63.5 Å². The third-order valence-corrected chi connectivity index (χ3v) is 7.80. The molecular weight excluding hydrogens is 623 g/mol. The topological polar surface area (TPSA) is 160 Å². The van der Waals surface area contributed by atoms with Gasteiger partial charge < -0.3 is 29.5 Å². The molecule has 0 amide bonds. The maximum absolute atomic E-state index is 12.4. The van der Waals surface area contributed by atoms with Gasteiger partial charge in [0.15, 0.2) is 6.10 Å². The minimum atomic E-state index is -4.83. The summed E-state index contributed by atoms with van der Waals surface area (Å²) in [5, 5.41) is 20.5. The Balaban J connectivity index is 4.30. The number of phosphoric ester groups is 1. The zero-order valence-electron chi connectivity index (χ0n) is 28.9. The number of unbranched alkanes of at least 4 members (excludes halogenated alkanes) is 9. The van der Waals surface area contributed by atoms with Gasteiger partial charge in [-0.15, -0.1) is 0 Å². The van der Waals surface area contributed by atoms with Crippen LogP contribution in [-0.2, 0) is 28.2 Å². The van der Waals surface area contributed by atoms with Crippen molar-refractivity contribution in [3.05, 3.63) is 48.6 Å². The molecule has 4 N–H and O–H groups in total. The molecule has 0 fully saturated rings. The summed E-state index contributed by atoms with van der Waals surface area (Å²) < 4.78 is 26.0. The van der Waals surface area contributed by atoms with E-state index in [1.165, 1.54) is 38.5 Å². The van der Waals surface area contributed by atoms with Crippen molar-refractivity contribution in [2.75, 3.05) is 13.2 Å². The van der Waals surface area contributed by atoms with Crippen molar-refractivity contribution in [2.45, 2.75) is 154 Å². The minimum Gasteiger partial charge on any atom is -0.462 e. The van der Waals surface area contributed by atoms with Crippen LogP contribution in [0.25, 0.3) is 0 Å². The van der Waals surface area contributed by atoms with Crippen molar-refractivity contribution < 1.29 is 48.2 Å². The number of phosphoric acid groups is 1. The highest BCUT2D eigenvalue weighted by Crippen LogP contribution is 2.36. The van der Waals surface area contributed by atoms with Gasteiger partial charge in [0.1, 0.15) is 6.61 Å². The first kappa shape index (κ1) is 44.9. The standard InChI is InChI=1S/C36H63O10P/c1-3-5-7-9-11-13-15-16-17-19-21-23-26-33(37)34(38)27-25-29-36(40)46-32(31-45-47(41,42)43)30-44-35(39)28-24-22-20-18-14-12-10-8-6-4-2/h5,7,11,13,16-17,21,23,32-34,37-38H,3-4,6,8-10,12,14-15,18-20,22,24-31H2,1-2H3,(H2,41,42,43)/b7-5-,13-11-,17-16-,23-21-/t32-,33-,34-/m1/s1. The molecule has 3 atom stereocenters. The first-order valence-corrected chi connectivity index (χ1v) is 19.1. The lowest BCUT2D eigenvalue weighted by Crippen LogP contribution is -2.30. The summed E-state index contributed by atoms with van der Waals surface area (Å²) in [4.78, 5) is 42.6.